The second-order valence-corrected chi connectivity index (χ2v) is 14.2. The largest absolute Gasteiger partial charge is 0.478 e. The van der Waals surface area contributed by atoms with Crippen LogP contribution >= 0.6 is 0 Å². The Labute approximate surface area is 338 Å². The van der Waals surface area contributed by atoms with Crippen LogP contribution < -0.4 is 20.4 Å². The summed E-state index contributed by atoms with van der Waals surface area (Å²) in [5.41, 5.74) is 4.07. The maximum absolute atomic E-state index is 12.3. The van der Waals surface area contributed by atoms with E-state index < -0.39 is 11.9 Å². The molecule has 0 radical (unpaired) electrons. The number of carbonyl (C=O) groups is 4. The van der Waals surface area contributed by atoms with Gasteiger partial charge in [-0.25, -0.2) is 19.6 Å². The molecule has 4 heterocycles. The summed E-state index contributed by atoms with van der Waals surface area (Å²) in [7, 11) is 0. The number of rotatable bonds is 12. The van der Waals surface area contributed by atoms with Gasteiger partial charge in [-0.3, -0.25) is 9.59 Å². The third-order valence-electron chi connectivity index (χ3n) is 10.2. The molecule has 2 saturated heterocycles. The van der Waals surface area contributed by atoms with Gasteiger partial charge >= 0.3 is 11.9 Å². The van der Waals surface area contributed by atoms with Crippen molar-refractivity contribution in [3.05, 3.63) is 111 Å². The van der Waals surface area contributed by atoms with Crippen LogP contribution in [0.5, 0.6) is 0 Å². The number of carboxylic acid groups (broad SMARTS) is 1. The molecule has 4 aromatic rings. The number of carboxylic acids is 1. The van der Waals surface area contributed by atoms with Gasteiger partial charge in [-0.1, -0.05) is 43.3 Å². The number of amides is 2. The Bertz CT molecular complexity index is 2200. The van der Waals surface area contributed by atoms with E-state index in [-0.39, 0.29) is 35.8 Å². The first-order valence-electron chi connectivity index (χ1n) is 19.4. The van der Waals surface area contributed by atoms with Crippen LogP contribution in [-0.2, 0) is 16.0 Å². The number of hydrogen-bond acceptors (Lipinski definition) is 11. The summed E-state index contributed by atoms with van der Waals surface area (Å²) in [6, 6.07) is 24.3. The van der Waals surface area contributed by atoms with Gasteiger partial charge in [0, 0.05) is 56.3 Å². The average Bonchev–Trinajstić information content (AvgIpc) is 3.20. The van der Waals surface area contributed by atoms with Crippen molar-refractivity contribution in [2.45, 2.75) is 53.4 Å². The van der Waals surface area contributed by atoms with Crippen molar-refractivity contribution >= 4 is 41.1 Å². The van der Waals surface area contributed by atoms with Gasteiger partial charge in [0.05, 0.1) is 40.2 Å². The van der Waals surface area contributed by atoms with E-state index in [1.54, 1.807) is 39.0 Å². The highest BCUT2D eigenvalue weighted by Crippen LogP contribution is 2.31. The van der Waals surface area contributed by atoms with Gasteiger partial charge in [-0.05, 0) is 81.8 Å². The Balaban J connectivity index is 0.000000221. The fraction of sp³-hybridized carbons (Fsp3) is 0.364. The zero-order chi connectivity index (χ0) is 41.8. The molecule has 0 bridgehead atoms. The fourth-order valence-corrected chi connectivity index (χ4v) is 7.21. The molecule has 0 spiro atoms. The number of hydrogen-bond donors (Lipinski definition) is 3. The second-order valence-electron chi connectivity index (χ2n) is 14.2. The number of aromatic carboxylic acids is 1. The van der Waals surface area contributed by atoms with Crippen molar-refractivity contribution in [2.75, 3.05) is 54.4 Å². The van der Waals surface area contributed by atoms with Crippen LogP contribution in [0.15, 0.2) is 66.7 Å². The van der Waals surface area contributed by atoms with E-state index in [9.17, 15) is 34.8 Å². The van der Waals surface area contributed by atoms with Crippen molar-refractivity contribution in [1.29, 1.82) is 10.5 Å². The Morgan fingerprint density at radius 2 is 1.50 bits per heavy atom. The maximum Gasteiger partial charge on any atom is 0.340 e. The summed E-state index contributed by atoms with van der Waals surface area (Å²) >= 11 is 0. The number of para-hydroxylation sites is 1. The fourth-order valence-electron chi connectivity index (χ4n) is 7.21. The quantitative estimate of drug-likeness (QED) is 0.140. The van der Waals surface area contributed by atoms with E-state index in [1.807, 2.05) is 65.3 Å². The molecule has 2 fully saturated rings. The summed E-state index contributed by atoms with van der Waals surface area (Å²) in [6.45, 7) is 10.6. The normalized spacial score (nSPS) is 13.8. The first kappa shape index (κ1) is 42.3. The number of ether oxygens (including phenoxy) is 1. The standard InChI is InChI=1S/C23H26N4O3.C21H22N4O3/c1-3-18-19(14-24)22(25-15(2)21(18)23(29)30)27-11-9-16(10-12-27)13-20(28)26-17-7-5-4-6-8-17;1-3-28-21(27)18-9-17(10-22)19(24-14(18)2)25-12-15(13-25)11-23-20(26)16-7-5-4-6-8-16/h4-8,16H,3,9-13H2,1-2H3,(H,26,28)(H,29,30);4-9,15H,3,11-13H2,1-2H3,(H,23,26). The van der Waals surface area contributed by atoms with Crippen molar-refractivity contribution in [3.8, 4) is 12.1 Å². The molecular formula is C44H48N8O6. The number of esters is 1. The number of piperidine rings is 1. The summed E-state index contributed by atoms with van der Waals surface area (Å²) in [5.74, 6) is 0.0629. The number of aromatic nitrogens is 2. The number of carbonyl (C=O) groups excluding carboxylic acids is 3. The lowest BCUT2D eigenvalue weighted by atomic mass is 9.92. The summed E-state index contributed by atoms with van der Waals surface area (Å²) in [4.78, 5) is 61.0. The number of anilines is 3. The van der Waals surface area contributed by atoms with Gasteiger partial charge in [0.25, 0.3) is 5.91 Å². The topological polar surface area (TPSA) is 202 Å². The van der Waals surface area contributed by atoms with Gasteiger partial charge in [0.1, 0.15) is 23.8 Å². The molecule has 0 saturated carbocycles. The van der Waals surface area contributed by atoms with Gasteiger partial charge in [-0.15, -0.1) is 0 Å². The Morgan fingerprint density at radius 3 is 2.09 bits per heavy atom. The molecule has 2 aliphatic heterocycles. The number of pyridine rings is 2. The lowest BCUT2D eigenvalue weighted by Gasteiger charge is -2.40. The van der Waals surface area contributed by atoms with Gasteiger partial charge < -0.3 is 30.3 Å². The lowest BCUT2D eigenvalue weighted by Crippen LogP contribution is -2.52. The molecule has 2 aromatic carbocycles. The van der Waals surface area contributed by atoms with E-state index in [1.165, 1.54) is 0 Å². The number of nitrogens with one attached hydrogen (secondary N) is 2. The highest BCUT2D eigenvalue weighted by Gasteiger charge is 2.31. The van der Waals surface area contributed by atoms with E-state index in [0.29, 0.717) is 96.4 Å². The molecule has 2 amide bonds. The second kappa shape index (κ2) is 19.9. The van der Waals surface area contributed by atoms with Crippen molar-refractivity contribution in [3.63, 3.8) is 0 Å². The number of nitriles is 2. The smallest absolute Gasteiger partial charge is 0.340 e. The number of nitrogens with zero attached hydrogens (tertiary/aromatic N) is 6. The van der Waals surface area contributed by atoms with E-state index in [0.717, 1.165) is 18.5 Å². The van der Waals surface area contributed by atoms with Crippen LogP contribution in [0.25, 0.3) is 0 Å². The summed E-state index contributed by atoms with van der Waals surface area (Å²) < 4.78 is 5.01. The molecule has 2 aliphatic rings. The average molecular weight is 785 g/mol. The highest BCUT2D eigenvalue weighted by molar-refractivity contribution is 5.94. The molecule has 3 N–H and O–H groups in total. The monoisotopic (exact) mass is 784 g/mol. The molecule has 2 aromatic heterocycles. The van der Waals surface area contributed by atoms with Crippen molar-refractivity contribution in [2.24, 2.45) is 11.8 Å². The van der Waals surface area contributed by atoms with E-state index >= 15 is 0 Å². The van der Waals surface area contributed by atoms with Crippen LogP contribution in [0.1, 0.15) is 92.3 Å². The molecule has 0 unspecified atom stereocenters. The minimum Gasteiger partial charge on any atom is -0.478 e. The first-order chi connectivity index (χ1) is 28.0. The lowest BCUT2D eigenvalue weighted by molar-refractivity contribution is -0.117. The predicted octanol–water partition coefficient (Wildman–Crippen LogP) is 6.07. The molecule has 6 rings (SSSR count). The minimum absolute atomic E-state index is 0.00501. The van der Waals surface area contributed by atoms with E-state index in [4.69, 9.17) is 4.74 Å². The van der Waals surface area contributed by atoms with Crippen molar-refractivity contribution in [1.82, 2.24) is 15.3 Å². The van der Waals surface area contributed by atoms with Crippen molar-refractivity contribution < 1.29 is 29.0 Å². The number of aryl methyl sites for hydroxylation is 2. The molecule has 14 nitrogen and oxygen atoms in total. The van der Waals surface area contributed by atoms with Gasteiger partial charge in [-0.2, -0.15) is 10.5 Å². The van der Waals surface area contributed by atoms with Crippen LogP contribution in [0.3, 0.4) is 0 Å². The maximum atomic E-state index is 12.3. The van der Waals surface area contributed by atoms with Crippen LogP contribution in [0.2, 0.25) is 0 Å². The highest BCUT2D eigenvalue weighted by atomic mass is 16.5. The Hall–Kier alpha value is -6.80. The molecule has 300 valence electrons. The SMILES string of the molecule is CCOC(=O)c1cc(C#N)c(N2CC(CNC(=O)c3ccccc3)C2)nc1C.CCc1c(C#N)c(N2CCC(CC(=O)Nc3ccccc3)CC2)nc(C)c1C(=O)O. The Kier molecular flexibility index (Phi) is 14.5. The van der Waals surface area contributed by atoms with Crippen LogP contribution in [-0.4, -0.2) is 78.2 Å². The third kappa shape index (κ3) is 10.3. The summed E-state index contributed by atoms with van der Waals surface area (Å²) in [6.07, 6.45) is 2.54. The molecular weight excluding hydrogens is 737 g/mol. The Morgan fingerprint density at radius 1 is 0.862 bits per heavy atom. The zero-order valence-electron chi connectivity index (χ0n) is 33.2. The first-order valence-corrected chi connectivity index (χ1v) is 19.4. The molecule has 0 aliphatic carbocycles. The molecule has 0 atom stereocenters. The summed E-state index contributed by atoms with van der Waals surface area (Å²) in [5, 5.41) is 34.6. The van der Waals surface area contributed by atoms with Crippen LogP contribution in [0.4, 0.5) is 17.3 Å². The molecule has 14 heteroatoms. The van der Waals surface area contributed by atoms with Gasteiger partial charge in [0.15, 0.2) is 0 Å². The van der Waals surface area contributed by atoms with E-state index in [2.05, 4.69) is 32.7 Å². The predicted molar refractivity (Wildman–Crippen MR) is 219 cm³/mol. The van der Waals surface area contributed by atoms with Crippen LogP contribution in [0, 0.1) is 48.3 Å². The van der Waals surface area contributed by atoms with Gasteiger partial charge in [0.2, 0.25) is 5.91 Å². The zero-order valence-corrected chi connectivity index (χ0v) is 33.2. The number of benzene rings is 2. The minimum atomic E-state index is -1.05. The molecule has 58 heavy (non-hydrogen) atoms. The third-order valence-corrected chi connectivity index (χ3v) is 10.2.